The minimum atomic E-state index is -0.0297. The zero-order valence-corrected chi connectivity index (χ0v) is 14.8. The first-order valence-electron chi connectivity index (χ1n) is 7.90. The Morgan fingerprint density at radius 2 is 2.12 bits per heavy atom. The number of hydrogen-bond acceptors (Lipinski definition) is 6. The van der Waals surface area contributed by atoms with Crippen molar-refractivity contribution in [3.8, 4) is 17.1 Å². The summed E-state index contributed by atoms with van der Waals surface area (Å²) in [5.74, 6) is 7.46. The minimum absolute atomic E-state index is 0.0297. The molecule has 130 valence electrons. The topological polar surface area (TPSA) is 95.1 Å². The second kappa shape index (κ2) is 9.17. The zero-order valence-electron chi connectivity index (χ0n) is 14.0. The monoisotopic (exact) mass is 349 g/mol. The molecule has 2 rings (SSSR count). The number of methoxy groups -OCH3 is 1. The highest BCUT2D eigenvalue weighted by Crippen LogP contribution is 2.29. The first-order valence-corrected chi connectivity index (χ1v) is 8.89. The summed E-state index contributed by atoms with van der Waals surface area (Å²) in [5.41, 5.74) is 0.755. The molecule has 2 aromatic rings. The smallest absolute Gasteiger partial charge is 0.230 e. The van der Waals surface area contributed by atoms with Gasteiger partial charge in [-0.2, -0.15) is 0 Å². The highest BCUT2D eigenvalue weighted by Gasteiger charge is 2.16. The lowest BCUT2D eigenvalue weighted by Crippen LogP contribution is -2.26. The van der Waals surface area contributed by atoms with Crippen LogP contribution < -0.4 is 15.9 Å². The molecule has 1 heterocycles. The number of nitrogens with two attached hydrogens (primary N) is 1. The molecule has 0 atom stereocenters. The summed E-state index contributed by atoms with van der Waals surface area (Å²) in [6.07, 6.45) is 3.25. The van der Waals surface area contributed by atoms with Gasteiger partial charge in [0.05, 0.1) is 18.4 Å². The Morgan fingerprint density at radius 1 is 1.33 bits per heavy atom. The molecule has 24 heavy (non-hydrogen) atoms. The molecule has 0 bridgehead atoms. The van der Waals surface area contributed by atoms with Crippen molar-refractivity contribution in [2.75, 3.05) is 25.3 Å². The van der Waals surface area contributed by atoms with Gasteiger partial charge < -0.3 is 15.9 Å². The maximum absolute atomic E-state index is 11.8. The average Bonchev–Trinajstić information content (AvgIpc) is 2.97. The van der Waals surface area contributed by atoms with E-state index < -0.39 is 0 Å². The van der Waals surface area contributed by atoms with Crippen molar-refractivity contribution in [2.45, 2.75) is 31.3 Å². The minimum Gasteiger partial charge on any atom is -0.496 e. The van der Waals surface area contributed by atoms with Crippen LogP contribution in [0.1, 0.15) is 26.2 Å². The molecule has 0 aliphatic heterocycles. The number of amides is 1. The van der Waals surface area contributed by atoms with Gasteiger partial charge >= 0.3 is 0 Å². The molecule has 0 saturated carbocycles. The first kappa shape index (κ1) is 18.1. The zero-order chi connectivity index (χ0) is 17.4. The van der Waals surface area contributed by atoms with Crippen LogP contribution in [0.4, 0.5) is 0 Å². The predicted octanol–water partition coefficient (Wildman–Crippen LogP) is 2.07. The maximum Gasteiger partial charge on any atom is 0.230 e. The lowest BCUT2D eigenvalue weighted by Gasteiger charge is -2.08. The van der Waals surface area contributed by atoms with Crippen LogP contribution in [0.3, 0.4) is 0 Å². The number of para-hydroxylation sites is 1. The van der Waals surface area contributed by atoms with Gasteiger partial charge in [0.15, 0.2) is 5.82 Å². The Labute approximate surface area is 145 Å². The van der Waals surface area contributed by atoms with Gasteiger partial charge in [-0.25, -0.2) is 4.68 Å². The van der Waals surface area contributed by atoms with E-state index in [1.54, 1.807) is 7.11 Å². The Hall–Kier alpha value is -2.22. The van der Waals surface area contributed by atoms with E-state index in [4.69, 9.17) is 10.6 Å². The number of thioether (sulfide) groups is 1. The van der Waals surface area contributed by atoms with Crippen molar-refractivity contribution in [1.82, 2.24) is 20.2 Å². The number of benzene rings is 1. The number of nitrogens with zero attached hydrogens (tertiary/aromatic N) is 3. The van der Waals surface area contributed by atoms with Crippen molar-refractivity contribution in [2.24, 2.45) is 0 Å². The van der Waals surface area contributed by atoms with Crippen molar-refractivity contribution in [3.63, 3.8) is 0 Å². The van der Waals surface area contributed by atoms with E-state index in [0.29, 0.717) is 23.3 Å². The summed E-state index contributed by atoms with van der Waals surface area (Å²) in [4.78, 5) is 11.8. The highest BCUT2D eigenvalue weighted by atomic mass is 32.2. The largest absolute Gasteiger partial charge is 0.496 e. The molecule has 3 N–H and O–H groups in total. The van der Waals surface area contributed by atoms with E-state index >= 15 is 0 Å². The quantitative estimate of drug-likeness (QED) is 0.409. The van der Waals surface area contributed by atoms with Gasteiger partial charge in [-0.1, -0.05) is 43.7 Å². The third kappa shape index (κ3) is 4.64. The van der Waals surface area contributed by atoms with Crippen molar-refractivity contribution >= 4 is 17.7 Å². The van der Waals surface area contributed by atoms with Crippen LogP contribution in [-0.2, 0) is 4.79 Å². The van der Waals surface area contributed by atoms with Crippen molar-refractivity contribution in [1.29, 1.82) is 0 Å². The summed E-state index contributed by atoms with van der Waals surface area (Å²) in [7, 11) is 1.59. The van der Waals surface area contributed by atoms with Gasteiger partial charge in [-0.05, 0) is 18.6 Å². The standard InChI is InChI=1S/C16H23N5O2S/c1-3-4-7-10-18-14(22)11-24-16-20-19-15(21(16)17)12-8-5-6-9-13(12)23-2/h5-6,8-9H,3-4,7,10-11,17H2,1-2H3,(H,18,22). The van der Waals surface area contributed by atoms with Crippen molar-refractivity contribution in [3.05, 3.63) is 24.3 Å². The van der Waals surface area contributed by atoms with Crippen LogP contribution in [0.15, 0.2) is 29.4 Å². The molecule has 0 aliphatic carbocycles. The summed E-state index contributed by atoms with van der Waals surface area (Å²) < 4.78 is 6.70. The number of hydrogen-bond donors (Lipinski definition) is 2. The normalized spacial score (nSPS) is 10.6. The highest BCUT2D eigenvalue weighted by molar-refractivity contribution is 7.99. The fourth-order valence-electron chi connectivity index (χ4n) is 2.17. The predicted molar refractivity (Wildman–Crippen MR) is 95.4 cm³/mol. The molecule has 0 spiro atoms. The lowest BCUT2D eigenvalue weighted by atomic mass is 10.2. The van der Waals surface area contributed by atoms with E-state index in [9.17, 15) is 4.79 Å². The van der Waals surface area contributed by atoms with E-state index in [1.165, 1.54) is 16.4 Å². The number of carbonyl (C=O) groups is 1. The number of rotatable bonds is 9. The number of nitrogens with one attached hydrogen (secondary N) is 1. The van der Waals surface area contributed by atoms with E-state index in [0.717, 1.165) is 24.8 Å². The van der Waals surface area contributed by atoms with E-state index in [1.807, 2.05) is 24.3 Å². The Morgan fingerprint density at radius 3 is 2.88 bits per heavy atom. The fourth-order valence-corrected chi connectivity index (χ4v) is 2.86. The average molecular weight is 349 g/mol. The summed E-state index contributed by atoms with van der Waals surface area (Å²) in [6.45, 7) is 2.83. The lowest BCUT2D eigenvalue weighted by molar-refractivity contribution is -0.118. The molecule has 8 heteroatoms. The van der Waals surface area contributed by atoms with Crippen LogP contribution in [0.25, 0.3) is 11.4 Å². The number of carbonyl (C=O) groups excluding carboxylic acids is 1. The molecule has 7 nitrogen and oxygen atoms in total. The van der Waals surface area contributed by atoms with Gasteiger partial charge in [0.1, 0.15) is 5.75 Å². The van der Waals surface area contributed by atoms with E-state index in [2.05, 4.69) is 22.4 Å². The molecule has 0 unspecified atom stereocenters. The van der Waals surface area contributed by atoms with Gasteiger partial charge in [0, 0.05) is 6.54 Å². The first-order chi connectivity index (χ1) is 11.7. The van der Waals surface area contributed by atoms with Crippen LogP contribution in [0.2, 0.25) is 0 Å². The number of nitrogen functional groups attached to an aromatic ring is 1. The number of ether oxygens (including phenoxy) is 1. The van der Waals surface area contributed by atoms with Crippen LogP contribution in [-0.4, -0.2) is 40.2 Å². The molecule has 1 amide bonds. The Balaban J connectivity index is 1.96. The molecular formula is C16H23N5O2S. The van der Waals surface area contributed by atoms with Gasteiger partial charge in [-0.3, -0.25) is 4.79 Å². The van der Waals surface area contributed by atoms with Crippen LogP contribution in [0.5, 0.6) is 5.75 Å². The third-order valence-corrected chi connectivity index (χ3v) is 4.39. The summed E-state index contributed by atoms with van der Waals surface area (Å²) >= 11 is 1.26. The molecule has 1 aromatic carbocycles. The molecular weight excluding hydrogens is 326 g/mol. The molecule has 0 radical (unpaired) electrons. The van der Waals surface area contributed by atoms with Gasteiger partial charge in [0.2, 0.25) is 11.1 Å². The molecule has 0 saturated heterocycles. The fraction of sp³-hybridized carbons (Fsp3) is 0.438. The summed E-state index contributed by atoms with van der Waals surface area (Å²) in [5, 5.41) is 11.6. The molecule has 1 aromatic heterocycles. The van der Waals surface area contributed by atoms with E-state index in [-0.39, 0.29) is 11.7 Å². The second-order valence-corrected chi connectivity index (χ2v) is 6.16. The Kier molecular flexibility index (Phi) is 6.92. The van der Waals surface area contributed by atoms with Gasteiger partial charge in [-0.15, -0.1) is 10.2 Å². The second-order valence-electron chi connectivity index (χ2n) is 5.22. The molecule has 0 fully saturated rings. The molecule has 0 aliphatic rings. The van der Waals surface area contributed by atoms with Crippen LogP contribution in [0, 0.1) is 0 Å². The summed E-state index contributed by atoms with van der Waals surface area (Å²) in [6, 6.07) is 7.45. The van der Waals surface area contributed by atoms with Crippen LogP contribution >= 0.6 is 11.8 Å². The Bertz CT molecular complexity index is 674. The third-order valence-electron chi connectivity index (χ3n) is 3.45. The van der Waals surface area contributed by atoms with Gasteiger partial charge in [0.25, 0.3) is 0 Å². The SMILES string of the molecule is CCCCCNC(=O)CSc1nnc(-c2ccccc2OC)n1N. The van der Waals surface area contributed by atoms with Crippen molar-refractivity contribution < 1.29 is 9.53 Å². The maximum atomic E-state index is 11.8. The number of unbranched alkanes of at least 4 members (excludes halogenated alkanes) is 2. The number of aromatic nitrogens is 3.